The fourth-order valence-electron chi connectivity index (χ4n) is 1.78. The molecule has 0 saturated carbocycles. The molecular weight excluding hydrogens is 272 g/mol. The zero-order chi connectivity index (χ0) is 11.5. The first-order chi connectivity index (χ1) is 7.72. The largest absolute Gasteiger partial charge is 0.493 e. The van der Waals surface area contributed by atoms with Crippen LogP contribution in [-0.4, -0.2) is 19.7 Å². The van der Waals surface area contributed by atoms with Gasteiger partial charge in [-0.2, -0.15) is 0 Å². The van der Waals surface area contributed by atoms with Gasteiger partial charge in [0.2, 0.25) is 0 Å². The number of halogens is 1. The highest BCUT2D eigenvalue weighted by Gasteiger charge is 2.20. The van der Waals surface area contributed by atoms with Crippen LogP contribution in [0, 0.1) is 0 Å². The smallest absolute Gasteiger partial charge is 0.323 e. The first kappa shape index (κ1) is 11.5. The lowest BCUT2D eigenvalue weighted by Gasteiger charge is -2.18. The number of aryl methyl sites for hydroxylation is 1. The third kappa shape index (κ3) is 2.21. The summed E-state index contributed by atoms with van der Waals surface area (Å²) in [5.74, 6) is 0.649. The summed E-state index contributed by atoms with van der Waals surface area (Å²) in [5.41, 5.74) is 2.08. The number of hydrogen-bond acceptors (Lipinski definition) is 3. The van der Waals surface area contributed by atoms with Gasteiger partial charge in [0.05, 0.1) is 13.7 Å². The van der Waals surface area contributed by atoms with E-state index in [2.05, 4.69) is 15.9 Å². The minimum Gasteiger partial charge on any atom is -0.493 e. The molecule has 16 heavy (non-hydrogen) atoms. The van der Waals surface area contributed by atoms with Crippen LogP contribution in [0.1, 0.15) is 22.4 Å². The second kappa shape index (κ2) is 4.87. The lowest BCUT2D eigenvalue weighted by Crippen LogP contribution is -2.11. The number of fused-ring (bicyclic) bond motifs is 1. The Morgan fingerprint density at radius 1 is 1.56 bits per heavy atom. The van der Waals surface area contributed by atoms with Gasteiger partial charge in [0.15, 0.2) is 0 Å². The summed E-state index contributed by atoms with van der Waals surface area (Å²) in [6.07, 6.45) is 2.03. The van der Waals surface area contributed by atoms with Gasteiger partial charge in [-0.1, -0.05) is 28.1 Å². The second-order valence-electron chi connectivity index (χ2n) is 3.70. The fraction of sp³-hybridized carbons (Fsp3) is 0.417. The molecule has 1 aromatic rings. The molecule has 1 unspecified atom stereocenters. The van der Waals surface area contributed by atoms with Crippen molar-refractivity contribution in [3.05, 3.63) is 29.3 Å². The Bertz CT molecular complexity index is 403. The van der Waals surface area contributed by atoms with E-state index >= 15 is 0 Å². The molecule has 1 aromatic carbocycles. The van der Waals surface area contributed by atoms with Crippen LogP contribution in [0.2, 0.25) is 0 Å². The van der Waals surface area contributed by atoms with Crippen LogP contribution in [0.5, 0.6) is 5.75 Å². The molecule has 0 radical (unpaired) electrons. The number of hydrogen-bond donors (Lipinski definition) is 0. The molecule has 4 heteroatoms. The van der Waals surface area contributed by atoms with E-state index in [-0.39, 0.29) is 5.97 Å². The highest BCUT2D eigenvalue weighted by molar-refractivity contribution is 9.09. The summed E-state index contributed by atoms with van der Waals surface area (Å²) < 4.78 is 10.2. The third-order valence-electron chi connectivity index (χ3n) is 2.63. The third-order valence-corrected chi connectivity index (χ3v) is 3.54. The molecule has 0 bridgehead atoms. The van der Waals surface area contributed by atoms with E-state index < -0.39 is 4.83 Å². The molecular formula is C12H13BrO3. The summed E-state index contributed by atoms with van der Waals surface area (Å²) in [6.45, 7) is 0.779. The van der Waals surface area contributed by atoms with Crippen LogP contribution in [0.4, 0.5) is 0 Å². The molecule has 1 aliphatic heterocycles. The summed E-state index contributed by atoms with van der Waals surface area (Å²) in [4.78, 5) is 11.0. The lowest BCUT2D eigenvalue weighted by atomic mass is 10.0. The number of rotatable bonds is 2. The number of carbonyl (C=O) groups excluding carboxylic acids is 1. The lowest BCUT2D eigenvalue weighted by molar-refractivity contribution is -0.139. The van der Waals surface area contributed by atoms with E-state index in [4.69, 9.17) is 9.47 Å². The fourth-order valence-corrected chi connectivity index (χ4v) is 2.25. The molecule has 2 rings (SSSR count). The Balaban J connectivity index is 2.26. The summed E-state index contributed by atoms with van der Waals surface area (Å²) >= 11 is 3.32. The van der Waals surface area contributed by atoms with E-state index in [1.807, 2.05) is 18.2 Å². The van der Waals surface area contributed by atoms with Gasteiger partial charge in [0, 0.05) is 0 Å². The molecule has 0 aliphatic carbocycles. The Kier molecular flexibility index (Phi) is 3.49. The van der Waals surface area contributed by atoms with Crippen molar-refractivity contribution >= 4 is 21.9 Å². The van der Waals surface area contributed by atoms with Crippen molar-refractivity contribution in [2.75, 3.05) is 13.7 Å². The minimum atomic E-state index is -0.398. The van der Waals surface area contributed by atoms with Gasteiger partial charge < -0.3 is 9.47 Å². The van der Waals surface area contributed by atoms with E-state index in [0.29, 0.717) is 0 Å². The normalized spacial score (nSPS) is 15.9. The maximum absolute atomic E-state index is 11.4. The SMILES string of the molecule is COC(=O)C(Br)c1ccc2c(c1)CCCO2. The number of benzene rings is 1. The highest BCUT2D eigenvalue weighted by Crippen LogP contribution is 2.31. The van der Waals surface area contributed by atoms with Gasteiger partial charge in [-0.3, -0.25) is 4.79 Å². The van der Waals surface area contributed by atoms with Crippen LogP contribution in [-0.2, 0) is 16.0 Å². The topological polar surface area (TPSA) is 35.5 Å². The first-order valence-electron chi connectivity index (χ1n) is 5.20. The number of methoxy groups -OCH3 is 1. The highest BCUT2D eigenvalue weighted by atomic mass is 79.9. The molecule has 3 nitrogen and oxygen atoms in total. The summed E-state index contributed by atoms with van der Waals surface area (Å²) in [5, 5.41) is 0. The van der Waals surface area contributed by atoms with Crippen molar-refractivity contribution in [2.45, 2.75) is 17.7 Å². The van der Waals surface area contributed by atoms with Crippen molar-refractivity contribution in [3.8, 4) is 5.75 Å². The van der Waals surface area contributed by atoms with Crippen LogP contribution in [0.3, 0.4) is 0 Å². The minimum absolute atomic E-state index is 0.281. The van der Waals surface area contributed by atoms with Crippen molar-refractivity contribution < 1.29 is 14.3 Å². The van der Waals surface area contributed by atoms with Gasteiger partial charge in [0.1, 0.15) is 10.6 Å². The Hall–Kier alpha value is -1.03. The van der Waals surface area contributed by atoms with E-state index in [9.17, 15) is 4.79 Å². The molecule has 1 atom stereocenters. The molecule has 0 aromatic heterocycles. The monoisotopic (exact) mass is 284 g/mol. The predicted octanol–water partition coefficient (Wildman–Crippen LogP) is 2.62. The molecule has 1 aliphatic rings. The van der Waals surface area contributed by atoms with Gasteiger partial charge in [-0.25, -0.2) is 0 Å². The van der Waals surface area contributed by atoms with Crippen molar-refractivity contribution in [1.29, 1.82) is 0 Å². The Labute approximate surface area is 103 Å². The summed E-state index contributed by atoms with van der Waals surface area (Å²) in [6, 6.07) is 5.81. The average molecular weight is 285 g/mol. The number of esters is 1. The van der Waals surface area contributed by atoms with Crippen LogP contribution >= 0.6 is 15.9 Å². The van der Waals surface area contributed by atoms with Gasteiger partial charge in [-0.15, -0.1) is 0 Å². The van der Waals surface area contributed by atoms with Crippen LogP contribution in [0.25, 0.3) is 0 Å². The first-order valence-corrected chi connectivity index (χ1v) is 6.11. The molecule has 0 amide bonds. The van der Waals surface area contributed by atoms with Crippen molar-refractivity contribution in [2.24, 2.45) is 0 Å². The maximum Gasteiger partial charge on any atom is 0.323 e. The van der Waals surface area contributed by atoms with Crippen molar-refractivity contribution in [3.63, 3.8) is 0 Å². The molecule has 1 heterocycles. The zero-order valence-corrected chi connectivity index (χ0v) is 10.6. The zero-order valence-electron chi connectivity index (χ0n) is 9.03. The molecule has 0 saturated heterocycles. The van der Waals surface area contributed by atoms with Crippen LogP contribution in [0.15, 0.2) is 18.2 Å². The predicted molar refractivity (Wildman–Crippen MR) is 63.9 cm³/mol. The number of ether oxygens (including phenoxy) is 2. The van der Waals surface area contributed by atoms with Gasteiger partial charge >= 0.3 is 5.97 Å². The van der Waals surface area contributed by atoms with Gasteiger partial charge in [-0.05, 0) is 30.0 Å². The summed E-state index contributed by atoms with van der Waals surface area (Å²) in [7, 11) is 1.39. The standard InChI is InChI=1S/C12H13BrO3/c1-15-12(14)11(13)9-4-5-10-8(7-9)3-2-6-16-10/h4-5,7,11H,2-3,6H2,1H3. The molecule has 0 N–H and O–H groups in total. The number of carbonyl (C=O) groups is 1. The van der Waals surface area contributed by atoms with Crippen molar-refractivity contribution in [1.82, 2.24) is 0 Å². The molecule has 86 valence electrons. The molecule has 0 spiro atoms. The van der Waals surface area contributed by atoms with E-state index in [0.717, 1.165) is 36.3 Å². The van der Waals surface area contributed by atoms with E-state index in [1.54, 1.807) is 0 Å². The Morgan fingerprint density at radius 2 is 2.38 bits per heavy atom. The Morgan fingerprint density at radius 3 is 3.12 bits per heavy atom. The van der Waals surface area contributed by atoms with E-state index in [1.165, 1.54) is 7.11 Å². The van der Waals surface area contributed by atoms with Crippen LogP contribution < -0.4 is 4.74 Å². The second-order valence-corrected chi connectivity index (χ2v) is 4.62. The quantitative estimate of drug-likeness (QED) is 0.619. The average Bonchev–Trinajstić information content (AvgIpc) is 2.36. The van der Waals surface area contributed by atoms with Gasteiger partial charge in [0.25, 0.3) is 0 Å². The molecule has 0 fully saturated rings. The maximum atomic E-state index is 11.4. The number of alkyl halides is 1.